The Bertz CT molecular complexity index is 2200. The summed E-state index contributed by atoms with van der Waals surface area (Å²) in [6, 6.07) is 23.8. The molecule has 2 heterocycles. The number of fused-ring (bicyclic) bond motifs is 2. The molecule has 47 heavy (non-hydrogen) atoms. The average molecular weight is 669 g/mol. The highest BCUT2D eigenvalue weighted by atomic mass is 35.5. The molecule has 1 atom stereocenters. The number of halogens is 1. The van der Waals surface area contributed by atoms with Crippen molar-refractivity contribution in [2.75, 3.05) is 20.3 Å². The summed E-state index contributed by atoms with van der Waals surface area (Å²) in [6.45, 7) is 6.33. The van der Waals surface area contributed by atoms with Gasteiger partial charge in [-0.25, -0.2) is 9.79 Å². The van der Waals surface area contributed by atoms with Gasteiger partial charge >= 0.3 is 5.97 Å². The molecule has 1 aromatic heterocycles. The van der Waals surface area contributed by atoms with E-state index in [0.717, 1.165) is 27.5 Å². The quantitative estimate of drug-likeness (QED) is 0.156. The van der Waals surface area contributed by atoms with Crippen molar-refractivity contribution >= 4 is 45.8 Å². The largest absolute Gasteiger partial charge is 0.496 e. The van der Waals surface area contributed by atoms with Gasteiger partial charge in [0, 0.05) is 16.0 Å². The van der Waals surface area contributed by atoms with Gasteiger partial charge in [-0.1, -0.05) is 77.5 Å². The van der Waals surface area contributed by atoms with Crippen LogP contribution in [0.25, 0.3) is 16.8 Å². The van der Waals surface area contributed by atoms with Crippen molar-refractivity contribution in [3.05, 3.63) is 132 Å². The molecule has 10 heteroatoms. The zero-order valence-corrected chi connectivity index (χ0v) is 28.0. The van der Waals surface area contributed by atoms with Gasteiger partial charge in [0.05, 0.1) is 42.2 Å². The van der Waals surface area contributed by atoms with Gasteiger partial charge in [0.25, 0.3) is 5.56 Å². The molecule has 0 saturated carbocycles. The second-order valence-electron chi connectivity index (χ2n) is 10.7. The molecule has 1 unspecified atom stereocenters. The number of esters is 1. The number of nitrogens with zero attached hydrogens (tertiary/aromatic N) is 2. The normalized spacial score (nSPS) is 14.5. The number of benzene rings is 4. The molecule has 6 rings (SSSR count). The Balaban J connectivity index is 1.46. The lowest BCUT2D eigenvalue weighted by molar-refractivity contribution is -0.139. The van der Waals surface area contributed by atoms with E-state index >= 15 is 0 Å². The second kappa shape index (κ2) is 13.9. The lowest BCUT2D eigenvalue weighted by atomic mass is 9.91. The number of aromatic nitrogens is 1. The molecule has 240 valence electrons. The Kier molecular flexibility index (Phi) is 9.47. The maximum atomic E-state index is 14.3. The van der Waals surface area contributed by atoms with Gasteiger partial charge in [0.2, 0.25) is 0 Å². The van der Waals surface area contributed by atoms with Crippen LogP contribution >= 0.6 is 22.9 Å². The van der Waals surface area contributed by atoms with Gasteiger partial charge < -0.3 is 18.9 Å². The van der Waals surface area contributed by atoms with E-state index in [-0.39, 0.29) is 18.8 Å². The van der Waals surface area contributed by atoms with Gasteiger partial charge in [-0.15, -0.1) is 0 Å². The van der Waals surface area contributed by atoms with E-state index in [0.29, 0.717) is 49.5 Å². The molecule has 0 saturated heterocycles. The van der Waals surface area contributed by atoms with E-state index in [1.807, 2.05) is 85.8 Å². The van der Waals surface area contributed by atoms with Gasteiger partial charge in [0.1, 0.15) is 12.4 Å². The van der Waals surface area contributed by atoms with Crippen LogP contribution < -0.4 is 29.1 Å². The predicted molar refractivity (Wildman–Crippen MR) is 184 cm³/mol. The fourth-order valence-electron chi connectivity index (χ4n) is 5.72. The molecule has 4 aromatic carbocycles. The monoisotopic (exact) mass is 668 g/mol. The van der Waals surface area contributed by atoms with Gasteiger partial charge in [0.15, 0.2) is 16.3 Å². The van der Waals surface area contributed by atoms with E-state index in [1.165, 1.54) is 11.3 Å². The van der Waals surface area contributed by atoms with Gasteiger partial charge in [-0.2, -0.15) is 0 Å². The van der Waals surface area contributed by atoms with E-state index < -0.39 is 12.0 Å². The Labute approximate surface area is 280 Å². The van der Waals surface area contributed by atoms with Crippen molar-refractivity contribution in [2.24, 2.45) is 4.99 Å². The first-order valence-corrected chi connectivity index (χ1v) is 16.4. The minimum Gasteiger partial charge on any atom is -0.496 e. The first kappa shape index (κ1) is 32.1. The number of carbonyl (C=O) groups excluding carboxylic acids is 1. The fourth-order valence-corrected chi connectivity index (χ4v) is 6.96. The first-order chi connectivity index (χ1) is 22.8. The summed E-state index contributed by atoms with van der Waals surface area (Å²) in [4.78, 5) is 32.9. The number of methoxy groups -OCH3 is 1. The third-order valence-electron chi connectivity index (χ3n) is 7.86. The summed E-state index contributed by atoms with van der Waals surface area (Å²) in [6.07, 6.45) is 1.80. The van der Waals surface area contributed by atoms with Crippen LogP contribution in [0, 0.1) is 0 Å². The topological polar surface area (TPSA) is 88.4 Å². The van der Waals surface area contributed by atoms with Crippen LogP contribution in [0.4, 0.5) is 0 Å². The lowest BCUT2D eigenvalue weighted by Gasteiger charge is -2.26. The maximum Gasteiger partial charge on any atom is 0.338 e. The van der Waals surface area contributed by atoms with E-state index in [4.69, 9.17) is 35.5 Å². The van der Waals surface area contributed by atoms with E-state index in [9.17, 15) is 9.59 Å². The molecule has 1 aliphatic rings. The van der Waals surface area contributed by atoms with Crippen LogP contribution in [0.15, 0.2) is 99.9 Å². The highest BCUT2D eigenvalue weighted by Gasteiger charge is 2.34. The number of allylic oxidation sites excluding steroid dienone is 1. The molecule has 0 amide bonds. The molecule has 0 radical (unpaired) electrons. The Morgan fingerprint density at radius 1 is 0.936 bits per heavy atom. The fraction of sp³-hybridized carbons (Fsp3) is 0.216. The molecule has 8 nitrogen and oxygen atoms in total. The van der Waals surface area contributed by atoms with Crippen LogP contribution in [-0.4, -0.2) is 30.9 Å². The van der Waals surface area contributed by atoms with Crippen molar-refractivity contribution in [1.82, 2.24) is 4.57 Å². The Hall–Kier alpha value is -4.86. The number of hydrogen-bond acceptors (Lipinski definition) is 8. The molecule has 0 spiro atoms. The molecule has 1 aliphatic heterocycles. The molecular weight excluding hydrogens is 636 g/mol. The van der Waals surface area contributed by atoms with Crippen LogP contribution in [-0.2, 0) is 16.1 Å². The molecule has 5 aromatic rings. The van der Waals surface area contributed by atoms with Crippen LogP contribution in [0.1, 0.15) is 43.5 Å². The summed E-state index contributed by atoms with van der Waals surface area (Å²) in [5.41, 5.74) is 2.92. The summed E-state index contributed by atoms with van der Waals surface area (Å²) >= 11 is 7.58. The number of thiazole rings is 1. The average Bonchev–Trinajstić information content (AvgIpc) is 3.37. The molecule has 0 N–H and O–H groups in total. The first-order valence-electron chi connectivity index (χ1n) is 15.2. The highest BCUT2D eigenvalue weighted by molar-refractivity contribution is 7.07. The molecule has 0 aliphatic carbocycles. The molecular formula is C37H33ClN2O6S. The van der Waals surface area contributed by atoms with Crippen molar-refractivity contribution in [3.63, 3.8) is 0 Å². The zero-order valence-electron chi connectivity index (χ0n) is 26.4. The van der Waals surface area contributed by atoms with Gasteiger partial charge in [-0.05, 0) is 67.6 Å². The maximum absolute atomic E-state index is 14.3. The second-order valence-corrected chi connectivity index (χ2v) is 12.1. The Morgan fingerprint density at radius 3 is 2.43 bits per heavy atom. The summed E-state index contributed by atoms with van der Waals surface area (Å²) in [5, 5.41) is 2.35. The minimum absolute atomic E-state index is 0.191. The zero-order chi connectivity index (χ0) is 33.1. The summed E-state index contributed by atoms with van der Waals surface area (Å²) in [7, 11) is 1.62. The number of carbonyl (C=O) groups is 1. The number of ether oxygens (including phenoxy) is 4. The molecule has 0 bridgehead atoms. The van der Waals surface area contributed by atoms with Crippen molar-refractivity contribution in [1.29, 1.82) is 0 Å². The minimum atomic E-state index is -0.761. The van der Waals surface area contributed by atoms with Crippen molar-refractivity contribution in [3.8, 4) is 17.2 Å². The standard InChI is InChI=1S/C37H33ClN2O6S/c1-5-44-31-19-23(15-17-30(31)46-21-24-11-7-10-14-28(24)38)20-32-35(41)40-34(33(36(42)45-6-2)22(3)39-37(40)47-32)27-16-18-29(43-4)26-13-9-8-12-25(26)27/h7-20,34H,5-6,21H2,1-4H3. The van der Waals surface area contributed by atoms with Crippen LogP contribution in [0.2, 0.25) is 5.02 Å². The number of rotatable bonds is 10. The SMILES string of the molecule is CCOC(=O)C1=C(C)N=c2sc(=Cc3ccc(OCc4ccccc4Cl)c(OCC)c3)c(=O)n2C1c1ccc(OC)c2ccccc12. The van der Waals surface area contributed by atoms with E-state index in [1.54, 1.807) is 31.6 Å². The van der Waals surface area contributed by atoms with Crippen molar-refractivity contribution < 1.29 is 23.7 Å². The summed E-state index contributed by atoms with van der Waals surface area (Å²) in [5.74, 6) is 1.29. The highest BCUT2D eigenvalue weighted by Crippen LogP contribution is 2.38. The Morgan fingerprint density at radius 2 is 1.68 bits per heavy atom. The van der Waals surface area contributed by atoms with Crippen LogP contribution in [0.5, 0.6) is 17.2 Å². The van der Waals surface area contributed by atoms with Crippen LogP contribution in [0.3, 0.4) is 0 Å². The smallest absolute Gasteiger partial charge is 0.338 e. The summed E-state index contributed by atoms with van der Waals surface area (Å²) < 4.78 is 25.1. The van der Waals surface area contributed by atoms with Gasteiger partial charge in [-0.3, -0.25) is 9.36 Å². The number of hydrogen-bond donors (Lipinski definition) is 0. The third kappa shape index (κ3) is 6.28. The third-order valence-corrected chi connectivity index (χ3v) is 9.21. The van der Waals surface area contributed by atoms with Crippen molar-refractivity contribution in [2.45, 2.75) is 33.4 Å². The lowest BCUT2D eigenvalue weighted by Crippen LogP contribution is -2.40. The predicted octanol–water partition coefficient (Wildman–Crippen LogP) is 6.59. The van der Waals surface area contributed by atoms with E-state index in [2.05, 4.69) is 0 Å². The molecule has 0 fully saturated rings.